The van der Waals surface area contributed by atoms with Crippen LogP contribution in [0.1, 0.15) is 12.5 Å². The number of oxime groups is 1. The molecule has 0 unspecified atom stereocenters. The van der Waals surface area contributed by atoms with Gasteiger partial charge in [-0.2, -0.15) is 0 Å². The topological polar surface area (TPSA) is 47.9 Å². The lowest BCUT2D eigenvalue weighted by Gasteiger charge is -2.06. The van der Waals surface area contributed by atoms with Gasteiger partial charge in [0.25, 0.3) is 0 Å². The second kappa shape index (κ2) is 8.34. The van der Waals surface area contributed by atoms with Crippen molar-refractivity contribution in [1.29, 1.82) is 0 Å². The van der Waals surface area contributed by atoms with E-state index in [4.69, 9.17) is 32.8 Å². The average Bonchev–Trinajstić information content (AvgIpc) is 2.52. The predicted octanol–water partition coefficient (Wildman–Crippen LogP) is 5.10. The number of carbonyl (C=O) groups excluding carboxylic acids is 1. The molecule has 0 heterocycles. The lowest BCUT2D eigenvalue weighted by atomic mass is 10.1. The number of nitrogens with zero attached hydrogens (tertiary/aromatic N) is 1. The normalized spacial score (nSPS) is 11.2. The molecule has 0 aromatic heterocycles. The molecule has 0 aliphatic carbocycles. The second-order valence-electron chi connectivity index (χ2n) is 4.51. The zero-order valence-electron chi connectivity index (χ0n) is 12.1. The molecule has 0 aliphatic heterocycles. The fourth-order valence-corrected chi connectivity index (χ4v) is 2.35. The summed E-state index contributed by atoms with van der Waals surface area (Å²) in [5.41, 5.74) is 1.43. The Bertz CT molecular complexity index is 733. The van der Waals surface area contributed by atoms with E-state index in [0.29, 0.717) is 21.5 Å². The maximum Gasteiger partial charge on any atom is 0.372 e. The van der Waals surface area contributed by atoms with Crippen LogP contribution >= 0.6 is 39.1 Å². The molecule has 0 bridgehead atoms. The van der Waals surface area contributed by atoms with E-state index in [2.05, 4.69) is 21.1 Å². The summed E-state index contributed by atoms with van der Waals surface area (Å²) in [7, 11) is 0. The Morgan fingerprint density at radius 1 is 1.17 bits per heavy atom. The van der Waals surface area contributed by atoms with E-state index in [1.54, 1.807) is 19.1 Å². The van der Waals surface area contributed by atoms with Crippen molar-refractivity contribution >= 4 is 50.8 Å². The molecule has 4 nitrogen and oxygen atoms in total. The fraction of sp³-hybridized carbons (Fsp3) is 0.125. The molecule has 0 saturated heterocycles. The molecule has 7 heteroatoms. The number of carbonyl (C=O) groups is 1. The van der Waals surface area contributed by atoms with Crippen LogP contribution in [0.5, 0.6) is 5.75 Å². The number of rotatable bonds is 5. The Kier molecular flexibility index (Phi) is 6.45. The van der Waals surface area contributed by atoms with E-state index in [9.17, 15) is 4.79 Å². The van der Waals surface area contributed by atoms with E-state index < -0.39 is 5.97 Å². The van der Waals surface area contributed by atoms with Gasteiger partial charge in [-0.1, -0.05) is 56.4 Å². The van der Waals surface area contributed by atoms with Gasteiger partial charge >= 0.3 is 5.97 Å². The molecule has 0 saturated carbocycles. The first-order valence-electron chi connectivity index (χ1n) is 6.54. The van der Waals surface area contributed by atoms with Crippen molar-refractivity contribution < 1.29 is 14.4 Å². The van der Waals surface area contributed by atoms with Gasteiger partial charge in [0.05, 0.1) is 10.7 Å². The standard InChI is InChI=1S/C16H12BrCl2NO3/c1-10(11-2-4-12(17)5-3-11)20-23-16(21)9-22-15-7-6-13(18)8-14(15)19/h2-8H,9H2,1H3/b20-10-. The van der Waals surface area contributed by atoms with Crippen molar-refractivity contribution in [3.05, 3.63) is 62.5 Å². The fourth-order valence-electron chi connectivity index (χ4n) is 1.62. The Balaban J connectivity index is 1.89. The van der Waals surface area contributed by atoms with E-state index in [1.165, 1.54) is 6.07 Å². The molecule has 2 aromatic carbocycles. The van der Waals surface area contributed by atoms with E-state index in [0.717, 1.165) is 10.0 Å². The van der Waals surface area contributed by atoms with Crippen molar-refractivity contribution in [2.45, 2.75) is 6.92 Å². The summed E-state index contributed by atoms with van der Waals surface area (Å²) in [6.07, 6.45) is 0. The lowest BCUT2D eigenvalue weighted by molar-refractivity contribution is -0.146. The van der Waals surface area contributed by atoms with Gasteiger partial charge in [-0.05, 0) is 42.8 Å². The summed E-state index contributed by atoms with van der Waals surface area (Å²) < 4.78 is 6.22. The zero-order chi connectivity index (χ0) is 16.8. The summed E-state index contributed by atoms with van der Waals surface area (Å²) in [5.74, 6) is -0.283. The zero-order valence-corrected chi connectivity index (χ0v) is 15.2. The largest absolute Gasteiger partial charge is 0.480 e. The molecule has 120 valence electrons. The third-order valence-corrected chi connectivity index (χ3v) is 3.84. The van der Waals surface area contributed by atoms with Crippen molar-refractivity contribution in [3.8, 4) is 5.75 Å². The molecule has 0 fully saturated rings. The number of hydrogen-bond acceptors (Lipinski definition) is 4. The average molecular weight is 417 g/mol. The summed E-state index contributed by atoms with van der Waals surface area (Å²) in [6.45, 7) is 1.44. The summed E-state index contributed by atoms with van der Waals surface area (Å²) in [5, 5.41) is 4.60. The number of benzene rings is 2. The first-order chi connectivity index (χ1) is 11.0. The van der Waals surface area contributed by atoms with Crippen molar-refractivity contribution in [2.24, 2.45) is 5.16 Å². The molecule has 2 aromatic rings. The molecule has 0 aliphatic rings. The van der Waals surface area contributed by atoms with Gasteiger partial charge < -0.3 is 9.57 Å². The predicted molar refractivity (Wildman–Crippen MR) is 94.4 cm³/mol. The first kappa shape index (κ1) is 17.8. The van der Waals surface area contributed by atoms with E-state index in [1.807, 2.05) is 24.3 Å². The highest BCUT2D eigenvalue weighted by atomic mass is 79.9. The number of halogens is 3. The van der Waals surface area contributed by atoms with Crippen LogP contribution in [0.4, 0.5) is 0 Å². The molecule has 0 N–H and O–H groups in total. The summed E-state index contributed by atoms with van der Waals surface area (Å²) in [6, 6.07) is 12.2. The first-order valence-corrected chi connectivity index (χ1v) is 8.09. The van der Waals surface area contributed by atoms with Crippen LogP contribution in [-0.2, 0) is 9.63 Å². The molecule has 2 rings (SSSR count). The smallest absolute Gasteiger partial charge is 0.372 e. The van der Waals surface area contributed by atoms with Gasteiger partial charge in [0.1, 0.15) is 5.75 Å². The van der Waals surface area contributed by atoms with Crippen LogP contribution < -0.4 is 4.74 Å². The van der Waals surface area contributed by atoms with Crippen molar-refractivity contribution in [3.63, 3.8) is 0 Å². The molecular formula is C16H12BrCl2NO3. The van der Waals surface area contributed by atoms with Gasteiger partial charge in [-0.3, -0.25) is 0 Å². The highest BCUT2D eigenvalue weighted by Gasteiger charge is 2.08. The Morgan fingerprint density at radius 3 is 2.52 bits per heavy atom. The monoisotopic (exact) mass is 415 g/mol. The molecule has 0 amide bonds. The van der Waals surface area contributed by atoms with Crippen molar-refractivity contribution in [2.75, 3.05) is 6.61 Å². The quantitative estimate of drug-likeness (QED) is 0.387. The van der Waals surface area contributed by atoms with Crippen LogP contribution in [0, 0.1) is 0 Å². The minimum Gasteiger partial charge on any atom is -0.480 e. The van der Waals surface area contributed by atoms with Crippen LogP contribution in [0.2, 0.25) is 10.0 Å². The maximum atomic E-state index is 11.7. The Labute approximate surface area is 152 Å². The van der Waals surface area contributed by atoms with Crippen LogP contribution in [-0.4, -0.2) is 18.3 Å². The molecule has 0 atom stereocenters. The molecule has 0 spiro atoms. The Morgan fingerprint density at radius 2 is 1.87 bits per heavy atom. The second-order valence-corrected chi connectivity index (χ2v) is 6.27. The number of ether oxygens (including phenoxy) is 1. The van der Waals surface area contributed by atoms with Gasteiger partial charge in [0, 0.05) is 9.50 Å². The minimum absolute atomic E-state index is 0.307. The van der Waals surface area contributed by atoms with Gasteiger partial charge in [0.2, 0.25) is 0 Å². The summed E-state index contributed by atoms with van der Waals surface area (Å²) in [4.78, 5) is 16.5. The maximum absolute atomic E-state index is 11.7. The van der Waals surface area contributed by atoms with E-state index in [-0.39, 0.29) is 6.61 Å². The molecular weight excluding hydrogens is 405 g/mol. The highest BCUT2D eigenvalue weighted by Crippen LogP contribution is 2.27. The lowest BCUT2D eigenvalue weighted by Crippen LogP contribution is -2.13. The number of hydrogen-bond donors (Lipinski definition) is 0. The summed E-state index contributed by atoms with van der Waals surface area (Å²) >= 11 is 15.1. The third kappa shape index (κ3) is 5.53. The van der Waals surface area contributed by atoms with Crippen LogP contribution in [0.15, 0.2) is 52.1 Å². The van der Waals surface area contributed by atoms with Gasteiger partial charge in [0.15, 0.2) is 6.61 Å². The van der Waals surface area contributed by atoms with Crippen LogP contribution in [0.3, 0.4) is 0 Å². The Hall–Kier alpha value is -1.56. The van der Waals surface area contributed by atoms with Crippen molar-refractivity contribution in [1.82, 2.24) is 0 Å². The van der Waals surface area contributed by atoms with E-state index >= 15 is 0 Å². The third-order valence-electron chi connectivity index (χ3n) is 2.79. The highest BCUT2D eigenvalue weighted by molar-refractivity contribution is 9.10. The van der Waals surface area contributed by atoms with Gasteiger partial charge in [-0.25, -0.2) is 4.79 Å². The SMILES string of the molecule is C/C(=N/OC(=O)COc1ccc(Cl)cc1Cl)c1ccc(Br)cc1. The van der Waals surface area contributed by atoms with Crippen LogP contribution in [0.25, 0.3) is 0 Å². The molecule has 23 heavy (non-hydrogen) atoms. The molecule has 0 radical (unpaired) electrons. The van der Waals surface area contributed by atoms with Gasteiger partial charge in [-0.15, -0.1) is 0 Å². The minimum atomic E-state index is -0.632.